The molecular weight excluding hydrogens is 382 g/mol. The zero-order valence-electron chi connectivity index (χ0n) is 17.7. The lowest BCUT2D eigenvalue weighted by molar-refractivity contribution is -0.136. The summed E-state index contributed by atoms with van der Waals surface area (Å²) in [6.45, 7) is 4.56. The smallest absolute Gasteiger partial charge is 0.268 e. The molecule has 1 atom stereocenters. The minimum Gasteiger partial charge on any atom is -0.497 e. The topological polar surface area (TPSA) is 70.9 Å². The van der Waals surface area contributed by atoms with Crippen molar-refractivity contribution < 1.29 is 9.53 Å². The minimum atomic E-state index is -0.130. The van der Waals surface area contributed by atoms with Crippen molar-refractivity contribution in [3.63, 3.8) is 0 Å². The van der Waals surface area contributed by atoms with Crippen LogP contribution in [0.25, 0.3) is 0 Å². The molecular formula is C22H29N5O3. The van der Waals surface area contributed by atoms with Crippen LogP contribution in [0, 0.1) is 5.92 Å². The summed E-state index contributed by atoms with van der Waals surface area (Å²) in [5.41, 5.74) is 1.80. The molecule has 2 aromatic rings. The van der Waals surface area contributed by atoms with Gasteiger partial charge in [-0.15, -0.1) is 0 Å². The molecule has 2 aliphatic rings. The number of rotatable bonds is 4. The van der Waals surface area contributed by atoms with Gasteiger partial charge in [-0.1, -0.05) is 6.07 Å². The Kier molecular flexibility index (Phi) is 5.92. The van der Waals surface area contributed by atoms with Crippen LogP contribution in [0.5, 0.6) is 5.75 Å². The Morgan fingerprint density at radius 2 is 1.87 bits per heavy atom. The van der Waals surface area contributed by atoms with E-state index in [1.165, 1.54) is 4.68 Å². The number of carbonyl (C=O) groups excluding carboxylic acids is 1. The van der Waals surface area contributed by atoms with E-state index in [-0.39, 0.29) is 17.4 Å². The molecule has 0 aliphatic carbocycles. The lowest BCUT2D eigenvalue weighted by Crippen LogP contribution is -2.52. The fraction of sp³-hybridized carbons (Fsp3) is 0.500. The summed E-state index contributed by atoms with van der Waals surface area (Å²) in [6.07, 6.45) is 3.54. The number of carbonyl (C=O) groups is 1. The van der Waals surface area contributed by atoms with E-state index in [0.29, 0.717) is 6.54 Å². The van der Waals surface area contributed by atoms with Gasteiger partial charge in [-0.2, -0.15) is 5.10 Å². The van der Waals surface area contributed by atoms with Crippen LogP contribution in [0.1, 0.15) is 12.8 Å². The maximum atomic E-state index is 13.2. The Labute approximate surface area is 176 Å². The van der Waals surface area contributed by atoms with Gasteiger partial charge < -0.3 is 19.4 Å². The van der Waals surface area contributed by atoms with Gasteiger partial charge in [-0.25, -0.2) is 4.68 Å². The van der Waals surface area contributed by atoms with Crippen LogP contribution in [0.2, 0.25) is 0 Å². The Hall–Kier alpha value is -3.03. The number of hydrogen-bond acceptors (Lipinski definition) is 6. The molecule has 0 N–H and O–H groups in total. The molecule has 30 heavy (non-hydrogen) atoms. The molecule has 1 amide bonds. The second-order valence-electron chi connectivity index (χ2n) is 7.97. The van der Waals surface area contributed by atoms with Crippen molar-refractivity contribution in [1.29, 1.82) is 0 Å². The highest BCUT2D eigenvalue weighted by Crippen LogP contribution is 2.25. The second-order valence-corrected chi connectivity index (χ2v) is 7.97. The fourth-order valence-electron chi connectivity index (χ4n) is 4.30. The highest BCUT2D eigenvalue weighted by molar-refractivity contribution is 5.80. The first-order valence-electron chi connectivity index (χ1n) is 10.5. The van der Waals surface area contributed by atoms with Crippen molar-refractivity contribution in [1.82, 2.24) is 14.7 Å². The number of amides is 1. The Morgan fingerprint density at radius 3 is 2.60 bits per heavy atom. The minimum absolute atomic E-state index is 0.0359. The number of aromatic nitrogens is 2. The lowest BCUT2D eigenvalue weighted by atomic mass is 9.96. The predicted molar refractivity (Wildman–Crippen MR) is 116 cm³/mol. The first-order chi connectivity index (χ1) is 14.5. The number of methoxy groups -OCH3 is 1. The van der Waals surface area contributed by atoms with Gasteiger partial charge in [0, 0.05) is 64.1 Å². The van der Waals surface area contributed by atoms with Crippen LogP contribution < -0.4 is 20.1 Å². The van der Waals surface area contributed by atoms with Gasteiger partial charge in [0.05, 0.1) is 24.9 Å². The first kappa shape index (κ1) is 20.3. The number of hydrogen-bond donors (Lipinski definition) is 0. The summed E-state index contributed by atoms with van der Waals surface area (Å²) in [6, 6.07) is 9.66. The maximum absolute atomic E-state index is 13.2. The molecule has 3 heterocycles. The molecule has 1 aromatic heterocycles. The number of piperidine rings is 1. The van der Waals surface area contributed by atoms with E-state index in [2.05, 4.69) is 21.0 Å². The van der Waals surface area contributed by atoms with Crippen molar-refractivity contribution in [2.24, 2.45) is 13.0 Å². The standard InChI is InChI=1S/C22H29N5O3/c1-24-21(28)14-19(15-23-24)27-8-4-5-17(16-27)22(29)26-11-9-25(10-12-26)18-6-3-7-20(13-18)30-2/h3,6-7,13-15,17H,4-5,8-12,16H2,1-2H3/t17-/m0/s1. The SMILES string of the molecule is COc1cccc(N2CCN(C(=O)[C@H]3CCCN(c4cnn(C)c(=O)c4)C3)CC2)c1. The Balaban J connectivity index is 1.36. The summed E-state index contributed by atoms with van der Waals surface area (Å²) in [5.74, 6) is 1.03. The van der Waals surface area contributed by atoms with Crippen molar-refractivity contribution in [3.8, 4) is 5.75 Å². The van der Waals surface area contributed by atoms with E-state index in [1.54, 1.807) is 26.4 Å². The Bertz CT molecular complexity index is 952. The van der Waals surface area contributed by atoms with E-state index in [4.69, 9.17) is 4.74 Å². The predicted octanol–water partition coefficient (Wildman–Crippen LogP) is 1.35. The number of ether oxygens (including phenoxy) is 1. The van der Waals surface area contributed by atoms with Gasteiger partial charge in [-0.05, 0) is 25.0 Å². The van der Waals surface area contributed by atoms with Crippen molar-refractivity contribution in [3.05, 3.63) is 46.9 Å². The number of nitrogens with zero attached hydrogens (tertiary/aromatic N) is 5. The third-order valence-electron chi connectivity index (χ3n) is 6.10. The summed E-state index contributed by atoms with van der Waals surface area (Å²) in [5, 5.41) is 4.12. The number of piperazine rings is 1. The normalized spacial score (nSPS) is 19.7. The largest absolute Gasteiger partial charge is 0.497 e. The second kappa shape index (κ2) is 8.77. The average molecular weight is 412 g/mol. The molecule has 2 aliphatic heterocycles. The summed E-state index contributed by atoms with van der Waals surface area (Å²) < 4.78 is 6.64. The van der Waals surface area contributed by atoms with Gasteiger partial charge in [0.1, 0.15) is 5.75 Å². The van der Waals surface area contributed by atoms with Gasteiger partial charge in [-0.3, -0.25) is 9.59 Å². The number of benzene rings is 1. The lowest BCUT2D eigenvalue weighted by Gasteiger charge is -2.40. The molecule has 1 aromatic carbocycles. The maximum Gasteiger partial charge on any atom is 0.268 e. The third-order valence-corrected chi connectivity index (χ3v) is 6.10. The third kappa shape index (κ3) is 4.27. The van der Waals surface area contributed by atoms with Gasteiger partial charge in [0.25, 0.3) is 5.56 Å². The molecule has 8 heteroatoms. The Morgan fingerprint density at radius 1 is 1.07 bits per heavy atom. The van der Waals surface area contributed by atoms with Gasteiger partial charge >= 0.3 is 0 Å². The molecule has 0 bridgehead atoms. The number of aryl methyl sites for hydroxylation is 1. The van der Waals surface area contributed by atoms with Crippen LogP contribution >= 0.6 is 0 Å². The zero-order valence-corrected chi connectivity index (χ0v) is 17.7. The monoisotopic (exact) mass is 411 g/mol. The summed E-state index contributed by atoms with van der Waals surface area (Å²) in [4.78, 5) is 31.5. The first-order valence-corrected chi connectivity index (χ1v) is 10.5. The van der Waals surface area contributed by atoms with Gasteiger partial charge in [0.2, 0.25) is 5.91 Å². The molecule has 8 nitrogen and oxygen atoms in total. The van der Waals surface area contributed by atoms with E-state index < -0.39 is 0 Å². The van der Waals surface area contributed by atoms with Crippen LogP contribution in [0.4, 0.5) is 11.4 Å². The van der Waals surface area contributed by atoms with Crippen LogP contribution in [-0.2, 0) is 11.8 Å². The molecule has 2 saturated heterocycles. The van der Waals surface area contributed by atoms with Crippen LogP contribution in [-0.4, -0.2) is 67.0 Å². The van der Waals surface area contributed by atoms with E-state index in [9.17, 15) is 9.59 Å². The van der Waals surface area contributed by atoms with Crippen molar-refractivity contribution >= 4 is 17.3 Å². The van der Waals surface area contributed by atoms with Crippen LogP contribution in [0.3, 0.4) is 0 Å². The zero-order chi connectivity index (χ0) is 21.1. The summed E-state index contributed by atoms with van der Waals surface area (Å²) >= 11 is 0. The van der Waals surface area contributed by atoms with Gasteiger partial charge in [0.15, 0.2) is 0 Å². The van der Waals surface area contributed by atoms with E-state index in [1.807, 2.05) is 23.1 Å². The van der Waals surface area contributed by atoms with Crippen molar-refractivity contribution in [2.45, 2.75) is 12.8 Å². The van der Waals surface area contributed by atoms with Crippen molar-refractivity contribution in [2.75, 3.05) is 56.2 Å². The number of anilines is 2. The highest BCUT2D eigenvalue weighted by atomic mass is 16.5. The highest BCUT2D eigenvalue weighted by Gasteiger charge is 2.31. The quantitative estimate of drug-likeness (QED) is 0.757. The molecule has 0 saturated carbocycles. The summed E-state index contributed by atoms with van der Waals surface area (Å²) in [7, 11) is 3.31. The molecule has 0 unspecified atom stereocenters. The molecule has 4 rings (SSSR count). The van der Waals surface area contributed by atoms with E-state index in [0.717, 1.165) is 62.7 Å². The molecule has 0 spiro atoms. The fourth-order valence-corrected chi connectivity index (χ4v) is 4.30. The van der Waals surface area contributed by atoms with Crippen LogP contribution in [0.15, 0.2) is 41.3 Å². The van der Waals surface area contributed by atoms with E-state index >= 15 is 0 Å². The molecule has 2 fully saturated rings. The average Bonchev–Trinajstić information content (AvgIpc) is 2.80. The molecule has 160 valence electrons. The molecule has 0 radical (unpaired) electrons.